The summed E-state index contributed by atoms with van der Waals surface area (Å²) in [6, 6.07) is 8.24. The van der Waals surface area contributed by atoms with Crippen LogP contribution in [0.4, 0.5) is 5.69 Å². The van der Waals surface area contributed by atoms with Crippen molar-refractivity contribution in [1.29, 1.82) is 0 Å². The highest BCUT2D eigenvalue weighted by Gasteiger charge is 2.09. The van der Waals surface area contributed by atoms with E-state index in [-0.39, 0.29) is 12.0 Å². The number of aromatic nitrogens is 1. The summed E-state index contributed by atoms with van der Waals surface area (Å²) in [6.07, 6.45) is 1.44. The topological polar surface area (TPSA) is 51.2 Å². The third-order valence-corrected chi connectivity index (χ3v) is 3.06. The second-order valence-corrected chi connectivity index (χ2v) is 5.43. The van der Waals surface area contributed by atoms with Gasteiger partial charge in [0.25, 0.3) is 5.91 Å². The molecule has 0 saturated carbocycles. The maximum absolute atomic E-state index is 12.0. The largest absolute Gasteiger partial charge is 0.489 e. The van der Waals surface area contributed by atoms with Crippen molar-refractivity contribution in [2.24, 2.45) is 0 Å². The molecule has 110 valence electrons. The smallest absolute Gasteiger partial charge is 0.257 e. The zero-order valence-electron chi connectivity index (χ0n) is 11.6. The van der Waals surface area contributed by atoms with Crippen molar-refractivity contribution in [3.8, 4) is 5.75 Å². The molecule has 6 heteroatoms. The van der Waals surface area contributed by atoms with Gasteiger partial charge in [0, 0.05) is 11.9 Å². The van der Waals surface area contributed by atoms with Gasteiger partial charge in [0.1, 0.15) is 10.9 Å². The molecule has 1 heterocycles. The Morgan fingerprint density at radius 2 is 2.00 bits per heavy atom. The number of anilines is 1. The summed E-state index contributed by atoms with van der Waals surface area (Å²) in [5.74, 6) is 0.297. The Balaban J connectivity index is 2.11. The van der Waals surface area contributed by atoms with Gasteiger partial charge in [-0.15, -0.1) is 0 Å². The lowest BCUT2D eigenvalue weighted by atomic mass is 10.2. The van der Waals surface area contributed by atoms with Crippen LogP contribution in [0.15, 0.2) is 36.5 Å². The summed E-state index contributed by atoms with van der Waals surface area (Å²) < 4.78 is 5.53. The van der Waals surface area contributed by atoms with Crippen molar-refractivity contribution in [3.63, 3.8) is 0 Å². The average Bonchev–Trinajstić information content (AvgIpc) is 2.42. The molecule has 21 heavy (non-hydrogen) atoms. The standard InChI is InChI=1S/C15H14Cl2N2O2/c1-9(2)21-13-5-4-11(7-12(13)16)19-15(20)10-3-6-14(17)18-8-10/h3-9H,1-2H3,(H,19,20). The Bertz CT molecular complexity index is 643. The molecule has 4 nitrogen and oxygen atoms in total. The Hall–Kier alpha value is -1.78. The van der Waals surface area contributed by atoms with E-state index in [1.807, 2.05) is 13.8 Å². The Labute approximate surface area is 133 Å². The number of hydrogen-bond donors (Lipinski definition) is 1. The molecule has 0 bridgehead atoms. The maximum atomic E-state index is 12.0. The summed E-state index contributed by atoms with van der Waals surface area (Å²) >= 11 is 11.8. The summed E-state index contributed by atoms with van der Waals surface area (Å²) in [5, 5.41) is 3.52. The van der Waals surface area contributed by atoms with Gasteiger partial charge in [-0.05, 0) is 44.2 Å². The number of benzene rings is 1. The molecular weight excluding hydrogens is 311 g/mol. The zero-order chi connectivity index (χ0) is 15.4. The van der Waals surface area contributed by atoms with Crippen LogP contribution >= 0.6 is 23.2 Å². The molecule has 1 aromatic carbocycles. The van der Waals surface area contributed by atoms with E-state index in [0.29, 0.717) is 27.2 Å². The zero-order valence-corrected chi connectivity index (χ0v) is 13.1. The number of carbonyl (C=O) groups is 1. The van der Waals surface area contributed by atoms with Gasteiger partial charge < -0.3 is 10.1 Å². The predicted octanol–water partition coefficient (Wildman–Crippen LogP) is 4.43. The Kier molecular flexibility index (Phi) is 5.04. The molecule has 0 aliphatic heterocycles. The molecule has 0 saturated heterocycles. The number of carbonyl (C=O) groups excluding carboxylic acids is 1. The lowest BCUT2D eigenvalue weighted by Crippen LogP contribution is -2.12. The molecule has 2 aromatic rings. The van der Waals surface area contributed by atoms with Crippen LogP contribution in [-0.4, -0.2) is 17.0 Å². The molecular formula is C15H14Cl2N2O2. The number of pyridine rings is 1. The van der Waals surface area contributed by atoms with Crippen LogP contribution in [-0.2, 0) is 0 Å². The second-order valence-electron chi connectivity index (χ2n) is 4.64. The monoisotopic (exact) mass is 324 g/mol. The van der Waals surface area contributed by atoms with Crippen LogP contribution in [0.5, 0.6) is 5.75 Å². The first-order chi connectivity index (χ1) is 9.95. The quantitative estimate of drug-likeness (QED) is 0.846. The van der Waals surface area contributed by atoms with Crippen LogP contribution in [0, 0.1) is 0 Å². The molecule has 0 unspecified atom stereocenters. The number of rotatable bonds is 4. The molecule has 0 fully saturated rings. The van der Waals surface area contributed by atoms with Crippen molar-refractivity contribution >= 4 is 34.8 Å². The fourth-order valence-electron chi connectivity index (χ4n) is 1.64. The fourth-order valence-corrected chi connectivity index (χ4v) is 1.98. The van der Waals surface area contributed by atoms with Crippen molar-refractivity contribution in [3.05, 3.63) is 52.3 Å². The van der Waals surface area contributed by atoms with Crippen LogP contribution in [0.3, 0.4) is 0 Å². The van der Waals surface area contributed by atoms with Crippen molar-refractivity contribution in [2.75, 3.05) is 5.32 Å². The van der Waals surface area contributed by atoms with Crippen molar-refractivity contribution in [1.82, 2.24) is 4.98 Å². The second kappa shape index (κ2) is 6.78. The van der Waals surface area contributed by atoms with Crippen LogP contribution < -0.4 is 10.1 Å². The molecule has 0 radical (unpaired) electrons. The predicted molar refractivity (Wildman–Crippen MR) is 84.4 cm³/mol. The van der Waals surface area contributed by atoms with Gasteiger partial charge in [-0.2, -0.15) is 0 Å². The molecule has 0 spiro atoms. The average molecular weight is 325 g/mol. The van der Waals surface area contributed by atoms with E-state index >= 15 is 0 Å². The molecule has 1 aromatic heterocycles. The minimum atomic E-state index is -0.284. The minimum Gasteiger partial charge on any atom is -0.489 e. The van der Waals surface area contributed by atoms with Gasteiger partial charge in [-0.3, -0.25) is 4.79 Å². The van der Waals surface area contributed by atoms with E-state index in [2.05, 4.69) is 10.3 Å². The molecule has 1 amide bonds. The third-order valence-electron chi connectivity index (χ3n) is 2.54. The minimum absolute atomic E-state index is 0.0306. The van der Waals surface area contributed by atoms with Gasteiger partial charge in [0.15, 0.2) is 0 Å². The van der Waals surface area contributed by atoms with E-state index in [9.17, 15) is 4.79 Å². The SMILES string of the molecule is CC(C)Oc1ccc(NC(=O)c2ccc(Cl)nc2)cc1Cl. The highest BCUT2D eigenvalue weighted by atomic mass is 35.5. The van der Waals surface area contributed by atoms with E-state index in [1.54, 1.807) is 30.3 Å². The number of halogens is 2. The van der Waals surface area contributed by atoms with Crippen LogP contribution in [0.2, 0.25) is 10.2 Å². The maximum Gasteiger partial charge on any atom is 0.257 e. The van der Waals surface area contributed by atoms with Gasteiger partial charge in [0.2, 0.25) is 0 Å². The van der Waals surface area contributed by atoms with Crippen LogP contribution in [0.1, 0.15) is 24.2 Å². The number of amides is 1. The van der Waals surface area contributed by atoms with Gasteiger partial charge >= 0.3 is 0 Å². The summed E-state index contributed by atoms with van der Waals surface area (Å²) in [5.41, 5.74) is 0.995. The fraction of sp³-hybridized carbons (Fsp3) is 0.200. The lowest BCUT2D eigenvalue weighted by molar-refractivity contribution is 0.102. The first-order valence-corrected chi connectivity index (χ1v) is 7.10. The first-order valence-electron chi connectivity index (χ1n) is 6.35. The third kappa shape index (κ3) is 4.34. The van der Waals surface area contributed by atoms with Crippen LogP contribution in [0.25, 0.3) is 0 Å². The Morgan fingerprint density at radius 1 is 1.24 bits per heavy atom. The number of hydrogen-bond acceptors (Lipinski definition) is 3. The molecule has 0 aliphatic carbocycles. The highest BCUT2D eigenvalue weighted by Crippen LogP contribution is 2.28. The molecule has 2 rings (SSSR count). The van der Waals surface area contributed by atoms with Gasteiger partial charge in [0.05, 0.1) is 16.7 Å². The molecule has 1 N–H and O–H groups in total. The summed E-state index contributed by atoms with van der Waals surface area (Å²) in [4.78, 5) is 15.9. The molecule has 0 aliphatic rings. The van der Waals surface area contributed by atoms with Gasteiger partial charge in [-0.25, -0.2) is 4.98 Å². The number of nitrogens with zero attached hydrogens (tertiary/aromatic N) is 1. The van der Waals surface area contributed by atoms with E-state index in [0.717, 1.165) is 0 Å². The van der Waals surface area contributed by atoms with Crippen molar-refractivity contribution < 1.29 is 9.53 Å². The van der Waals surface area contributed by atoms with Gasteiger partial charge in [-0.1, -0.05) is 23.2 Å². The highest BCUT2D eigenvalue weighted by molar-refractivity contribution is 6.32. The normalized spacial score (nSPS) is 10.5. The van der Waals surface area contributed by atoms with E-state index in [4.69, 9.17) is 27.9 Å². The van der Waals surface area contributed by atoms with E-state index in [1.165, 1.54) is 6.20 Å². The Morgan fingerprint density at radius 3 is 2.57 bits per heavy atom. The molecule has 0 atom stereocenters. The van der Waals surface area contributed by atoms with Crippen molar-refractivity contribution in [2.45, 2.75) is 20.0 Å². The number of nitrogens with one attached hydrogen (secondary N) is 1. The first kappa shape index (κ1) is 15.6. The summed E-state index contributed by atoms with van der Waals surface area (Å²) in [7, 11) is 0. The summed E-state index contributed by atoms with van der Waals surface area (Å²) in [6.45, 7) is 3.83. The van der Waals surface area contributed by atoms with E-state index < -0.39 is 0 Å². The lowest BCUT2D eigenvalue weighted by Gasteiger charge is -2.12. The number of ether oxygens (including phenoxy) is 1.